The molecule has 0 atom stereocenters. The van der Waals surface area contributed by atoms with Crippen molar-refractivity contribution in [3.63, 3.8) is 0 Å². The van der Waals surface area contributed by atoms with Crippen LogP contribution in [-0.2, 0) is 37.2 Å². The van der Waals surface area contributed by atoms with Crippen LogP contribution in [0.1, 0.15) is 46.3 Å². The van der Waals surface area contributed by atoms with Gasteiger partial charge in [-0.2, -0.15) is 13.2 Å². The summed E-state index contributed by atoms with van der Waals surface area (Å²) in [5, 5.41) is 3.51. The maximum atomic E-state index is 12.4. The number of benzene rings is 2. The van der Waals surface area contributed by atoms with Crippen molar-refractivity contribution in [1.29, 1.82) is 0 Å². The predicted molar refractivity (Wildman–Crippen MR) is 135 cm³/mol. The maximum absolute atomic E-state index is 12.4. The third-order valence-corrected chi connectivity index (χ3v) is 6.56. The number of aryl methyl sites for hydroxylation is 5. The molecule has 0 saturated heterocycles. The minimum Gasteiger partial charge on any atom is -0.367 e. The zero-order valence-electron chi connectivity index (χ0n) is 20.7. The fourth-order valence-electron chi connectivity index (χ4n) is 4.91. The van der Waals surface area contributed by atoms with Gasteiger partial charge in [0, 0.05) is 23.5 Å². The number of imidazole rings is 1. The molecule has 0 amide bonds. The van der Waals surface area contributed by atoms with Crippen molar-refractivity contribution in [2.24, 2.45) is 0 Å². The Balaban J connectivity index is 1.37. The number of ether oxygens (including phenoxy) is 1. The van der Waals surface area contributed by atoms with Crippen LogP contribution in [0, 0.1) is 13.8 Å². The van der Waals surface area contributed by atoms with Crippen molar-refractivity contribution < 1.29 is 17.9 Å². The van der Waals surface area contributed by atoms with Crippen LogP contribution in [0.4, 0.5) is 24.5 Å². The van der Waals surface area contributed by atoms with E-state index in [1.54, 1.807) is 0 Å². The molecule has 1 N–H and O–H groups in total. The van der Waals surface area contributed by atoms with Crippen LogP contribution in [-0.4, -0.2) is 27.3 Å². The first-order valence-corrected chi connectivity index (χ1v) is 12.2. The average Bonchev–Trinajstić information content (AvgIpc) is 3.05. The minimum atomic E-state index is -4.32. The van der Waals surface area contributed by atoms with Crippen molar-refractivity contribution in [3.05, 3.63) is 81.8 Å². The van der Waals surface area contributed by atoms with E-state index in [1.807, 2.05) is 25.1 Å². The lowest BCUT2D eigenvalue weighted by Crippen LogP contribution is -2.16. The number of aromatic nitrogens is 3. The van der Waals surface area contributed by atoms with Gasteiger partial charge < -0.3 is 14.6 Å². The van der Waals surface area contributed by atoms with Crippen LogP contribution in [0.2, 0.25) is 0 Å². The summed E-state index contributed by atoms with van der Waals surface area (Å²) >= 11 is 0. The van der Waals surface area contributed by atoms with Gasteiger partial charge in [-0.15, -0.1) is 0 Å². The average molecular weight is 495 g/mol. The van der Waals surface area contributed by atoms with E-state index in [4.69, 9.17) is 14.7 Å². The Morgan fingerprint density at radius 3 is 2.28 bits per heavy atom. The van der Waals surface area contributed by atoms with E-state index >= 15 is 0 Å². The minimum absolute atomic E-state index is 0.0600. The Labute approximate surface area is 208 Å². The highest BCUT2D eigenvalue weighted by atomic mass is 19.4. The highest BCUT2D eigenvalue weighted by molar-refractivity contribution is 5.76. The molecule has 5 rings (SSSR count). The molecule has 3 heterocycles. The first kappa shape index (κ1) is 24.3. The third kappa shape index (κ3) is 5.09. The number of pyridine rings is 1. The molecular weight excluding hydrogens is 465 g/mol. The number of fused-ring (bicyclic) bond motifs is 3. The molecule has 188 valence electrons. The Morgan fingerprint density at radius 2 is 1.61 bits per heavy atom. The largest absolute Gasteiger partial charge is 0.411 e. The highest BCUT2D eigenvalue weighted by Crippen LogP contribution is 2.32. The standard InChI is InChI=1S/C28H29F3N4O/c1-4-25-34-26-17(2)11-18(3)32-27(26)35(25)14-19-5-9-23-21(12-19)7-8-22-13-20(6-10-24(22)33-23)15-36-16-28(29,30)31/h5-6,9-13,33H,4,7-8,14-16H2,1-3H3. The van der Waals surface area contributed by atoms with Crippen molar-refractivity contribution in [2.45, 2.75) is 59.4 Å². The molecule has 0 fully saturated rings. The molecule has 36 heavy (non-hydrogen) atoms. The van der Waals surface area contributed by atoms with Crippen LogP contribution in [0.25, 0.3) is 11.2 Å². The van der Waals surface area contributed by atoms with E-state index in [0.717, 1.165) is 70.0 Å². The molecule has 2 aromatic heterocycles. The van der Waals surface area contributed by atoms with Gasteiger partial charge in [-0.1, -0.05) is 31.2 Å². The summed E-state index contributed by atoms with van der Waals surface area (Å²) in [7, 11) is 0. The first-order chi connectivity index (χ1) is 17.2. The lowest BCUT2D eigenvalue weighted by Gasteiger charge is -2.14. The second kappa shape index (κ2) is 9.58. The summed E-state index contributed by atoms with van der Waals surface area (Å²) in [6.07, 6.45) is -1.87. The van der Waals surface area contributed by atoms with Crippen LogP contribution in [0.3, 0.4) is 0 Å². The topological polar surface area (TPSA) is 52.0 Å². The molecule has 0 saturated carbocycles. The number of rotatable bonds is 6. The number of nitrogens with one attached hydrogen (secondary N) is 1. The van der Waals surface area contributed by atoms with E-state index in [-0.39, 0.29) is 6.61 Å². The van der Waals surface area contributed by atoms with Crippen LogP contribution >= 0.6 is 0 Å². The molecular formula is C28H29F3N4O. The highest BCUT2D eigenvalue weighted by Gasteiger charge is 2.27. The van der Waals surface area contributed by atoms with Gasteiger partial charge >= 0.3 is 6.18 Å². The van der Waals surface area contributed by atoms with Crippen molar-refractivity contribution in [1.82, 2.24) is 14.5 Å². The maximum Gasteiger partial charge on any atom is 0.411 e. The SMILES string of the molecule is CCc1nc2c(C)cc(C)nc2n1Cc1ccc2c(c1)CCc1cc(COCC(F)(F)F)ccc1N2. The number of alkyl halides is 3. The van der Waals surface area contributed by atoms with Crippen molar-refractivity contribution in [3.8, 4) is 0 Å². The lowest BCUT2D eigenvalue weighted by atomic mass is 10.0. The zero-order valence-corrected chi connectivity index (χ0v) is 20.7. The molecule has 0 radical (unpaired) electrons. The Morgan fingerprint density at radius 1 is 0.944 bits per heavy atom. The zero-order chi connectivity index (χ0) is 25.4. The second-order valence-electron chi connectivity index (χ2n) is 9.44. The molecule has 1 aliphatic heterocycles. The lowest BCUT2D eigenvalue weighted by molar-refractivity contribution is -0.176. The Bertz CT molecular complexity index is 1420. The number of halogens is 3. The van der Waals surface area contributed by atoms with Gasteiger partial charge in [0.25, 0.3) is 0 Å². The number of hydrogen-bond acceptors (Lipinski definition) is 4. The second-order valence-corrected chi connectivity index (χ2v) is 9.44. The fraction of sp³-hybridized carbons (Fsp3) is 0.357. The molecule has 0 spiro atoms. The number of hydrogen-bond donors (Lipinski definition) is 1. The normalized spacial score (nSPS) is 13.3. The molecule has 0 unspecified atom stereocenters. The van der Waals surface area contributed by atoms with Crippen LogP contribution < -0.4 is 5.32 Å². The van der Waals surface area contributed by atoms with E-state index in [9.17, 15) is 13.2 Å². The van der Waals surface area contributed by atoms with E-state index in [1.165, 1.54) is 11.1 Å². The fourth-order valence-corrected chi connectivity index (χ4v) is 4.91. The van der Waals surface area contributed by atoms with Gasteiger partial charge in [0.1, 0.15) is 17.9 Å². The molecule has 4 aromatic rings. The molecule has 8 heteroatoms. The third-order valence-electron chi connectivity index (χ3n) is 6.56. The van der Waals surface area contributed by atoms with Gasteiger partial charge in [0.15, 0.2) is 5.65 Å². The smallest absolute Gasteiger partial charge is 0.367 e. The molecule has 5 nitrogen and oxygen atoms in total. The van der Waals surface area contributed by atoms with Gasteiger partial charge in [-0.25, -0.2) is 9.97 Å². The first-order valence-electron chi connectivity index (χ1n) is 12.2. The summed E-state index contributed by atoms with van der Waals surface area (Å²) in [5.74, 6) is 1.02. The number of anilines is 2. The van der Waals surface area contributed by atoms with Gasteiger partial charge in [0.2, 0.25) is 0 Å². The van der Waals surface area contributed by atoms with Gasteiger partial charge in [-0.05, 0) is 72.7 Å². The Kier molecular flexibility index (Phi) is 6.47. The quantitative estimate of drug-likeness (QED) is 0.329. The van der Waals surface area contributed by atoms with Gasteiger partial charge in [-0.3, -0.25) is 0 Å². The van der Waals surface area contributed by atoms with Crippen LogP contribution in [0.15, 0.2) is 42.5 Å². The van der Waals surface area contributed by atoms with E-state index in [2.05, 4.69) is 48.0 Å². The summed E-state index contributed by atoms with van der Waals surface area (Å²) in [6, 6.07) is 14.2. The summed E-state index contributed by atoms with van der Waals surface area (Å²) in [4.78, 5) is 9.65. The molecule has 1 aliphatic rings. The van der Waals surface area contributed by atoms with E-state index < -0.39 is 12.8 Å². The van der Waals surface area contributed by atoms with Crippen molar-refractivity contribution >= 4 is 22.5 Å². The summed E-state index contributed by atoms with van der Waals surface area (Å²) in [5.41, 5.74) is 10.2. The summed E-state index contributed by atoms with van der Waals surface area (Å²) in [6.45, 7) is 5.59. The Hall–Kier alpha value is -3.39. The number of nitrogens with zero attached hydrogens (tertiary/aromatic N) is 3. The summed E-state index contributed by atoms with van der Waals surface area (Å²) < 4.78 is 44.3. The van der Waals surface area contributed by atoms with E-state index in [0.29, 0.717) is 6.54 Å². The van der Waals surface area contributed by atoms with Crippen molar-refractivity contribution in [2.75, 3.05) is 11.9 Å². The molecule has 0 aliphatic carbocycles. The monoisotopic (exact) mass is 494 g/mol. The predicted octanol–water partition coefficient (Wildman–Crippen LogP) is 6.58. The molecule has 2 aromatic carbocycles. The van der Waals surface area contributed by atoms with Gasteiger partial charge in [0.05, 0.1) is 13.2 Å². The van der Waals surface area contributed by atoms with Crippen LogP contribution in [0.5, 0.6) is 0 Å². The molecule has 0 bridgehead atoms.